The molecule has 2 heterocycles. The van der Waals surface area contributed by atoms with Crippen LogP contribution in [-0.4, -0.2) is 29.8 Å². The molecule has 0 bridgehead atoms. The summed E-state index contributed by atoms with van der Waals surface area (Å²) in [5.74, 6) is 6.95. The van der Waals surface area contributed by atoms with E-state index in [1.807, 2.05) is 17.0 Å². The molecular weight excluding hydrogens is 144 g/mol. The second kappa shape index (κ2) is 1.94. The molecule has 0 saturated carbocycles. The van der Waals surface area contributed by atoms with Gasteiger partial charge in [-0.05, 0) is 4.90 Å². The quantitative estimate of drug-likeness (QED) is 0.320. The van der Waals surface area contributed by atoms with Crippen molar-refractivity contribution in [3.8, 4) is 0 Å². The van der Waals surface area contributed by atoms with Crippen molar-refractivity contribution in [2.75, 3.05) is 13.7 Å². The van der Waals surface area contributed by atoms with Crippen molar-refractivity contribution in [2.45, 2.75) is 0 Å². The van der Waals surface area contributed by atoms with Crippen molar-refractivity contribution in [3.05, 3.63) is 12.0 Å². The van der Waals surface area contributed by atoms with Crippen LogP contribution in [0.15, 0.2) is 17.0 Å². The summed E-state index contributed by atoms with van der Waals surface area (Å²) in [5.41, 5.74) is 5.61. The molecule has 0 aromatic rings. The first-order valence-corrected chi connectivity index (χ1v) is 3.27. The van der Waals surface area contributed by atoms with Gasteiger partial charge < -0.3 is 5.73 Å². The van der Waals surface area contributed by atoms with E-state index in [1.54, 1.807) is 6.20 Å². The molecule has 0 atom stereocenters. The number of hydrogen-bond acceptors (Lipinski definition) is 6. The second-order valence-electron chi connectivity index (χ2n) is 2.55. The molecule has 0 aromatic heterocycles. The lowest BCUT2D eigenvalue weighted by molar-refractivity contribution is 0.106. The zero-order valence-corrected chi connectivity index (χ0v) is 6.23. The third kappa shape index (κ3) is 0.739. The van der Waals surface area contributed by atoms with Crippen LogP contribution in [0.25, 0.3) is 0 Å². The topological polar surface area (TPSA) is 76.8 Å². The molecule has 0 spiro atoms. The zero-order chi connectivity index (χ0) is 8.01. The highest BCUT2D eigenvalue weighted by molar-refractivity contribution is 5.87. The Labute approximate surface area is 64.3 Å². The molecular formula is C5H10N6+. The van der Waals surface area contributed by atoms with Gasteiger partial charge in [-0.25, -0.2) is 5.84 Å². The van der Waals surface area contributed by atoms with Crippen LogP contribution in [0, 0.1) is 0 Å². The minimum atomic E-state index is 0.639. The van der Waals surface area contributed by atoms with Crippen LogP contribution in [0.1, 0.15) is 0 Å². The highest BCUT2D eigenvalue weighted by Crippen LogP contribution is 2.14. The van der Waals surface area contributed by atoms with Crippen molar-refractivity contribution in [2.24, 2.45) is 16.6 Å². The van der Waals surface area contributed by atoms with Gasteiger partial charge in [-0.2, -0.15) is 10.1 Å². The summed E-state index contributed by atoms with van der Waals surface area (Å²) in [6.45, 7) is 0.664. The van der Waals surface area contributed by atoms with Gasteiger partial charge in [0, 0.05) is 7.05 Å². The molecule has 0 amide bonds. The highest BCUT2D eigenvalue weighted by atomic mass is 15.9. The summed E-state index contributed by atoms with van der Waals surface area (Å²) >= 11 is 0. The number of rotatable bonds is 0. The van der Waals surface area contributed by atoms with Crippen molar-refractivity contribution in [3.63, 3.8) is 0 Å². The Morgan fingerprint density at radius 1 is 1.73 bits per heavy atom. The van der Waals surface area contributed by atoms with E-state index >= 15 is 0 Å². The van der Waals surface area contributed by atoms with Crippen molar-refractivity contribution >= 4 is 5.96 Å². The average Bonchev–Trinajstić information content (AvgIpc) is 2.43. The van der Waals surface area contributed by atoms with Crippen molar-refractivity contribution in [1.29, 1.82) is 0 Å². The minimum absolute atomic E-state index is 0.639. The van der Waals surface area contributed by atoms with Gasteiger partial charge in [0.25, 0.3) is 5.82 Å². The Morgan fingerprint density at radius 3 is 3.09 bits per heavy atom. The first-order valence-electron chi connectivity index (χ1n) is 3.27. The molecule has 1 fully saturated rings. The van der Waals surface area contributed by atoms with Gasteiger partial charge in [0.1, 0.15) is 6.20 Å². The summed E-state index contributed by atoms with van der Waals surface area (Å²) in [5, 5.41) is 3.29. The SMILES string of the molecule is CN1C[N+]2C(N)=CN=C2N1N. The molecule has 1 radical (unpaired) electrons. The summed E-state index contributed by atoms with van der Waals surface area (Å²) < 4.78 is 0. The van der Waals surface area contributed by atoms with E-state index in [1.165, 1.54) is 5.12 Å². The number of aliphatic imine (C=N–C) groups is 1. The maximum absolute atomic E-state index is 5.62. The molecule has 0 unspecified atom stereocenters. The zero-order valence-electron chi connectivity index (χ0n) is 6.23. The van der Waals surface area contributed by atoms with Gasteiger partial charge >= 0.3 is 5.96 Å². The lowest BCUT2D eigenvalue weighted by Crippen LogP contribution is -2.43. The second-order valence-corrected chi connectivity index (χ2v) is 2.55. The number of guanidine groups is 1. The Balaban J connectivity index is 2.27. The predicted molar refractivity (Wildman–Crippen MR) is 40.5 cm³/mol. The molecule has 11 heavy (non-hydrogen) atoms. The number of hydrazine groups is 2. The van der Waals surface area contributed by atoms with Crippen LogP contribution in [0.5, 0.6) is 0 Å². The van der Waals surface area contributed by atoms with E-state index in [9.17, 15) is 0 Å². The van der Waals surface area contributed by atoms with Gasteiger partial charge in [0.15, 0.2) is 0 Å². The molecule has 6 nitrogen and oxygen atoms in total. The molecule has 2 aliphatic rings. The fraction of sp³-hybridized carbons (Fsp3) is 0.400. The average molecular weight is 154 g/mol. The third-order valence-corrected chi connectivity index (χ3v) is 1.78. The summed E-state index contributed by atoms with van der Waals surface area (Å²) in [4.78, 5) is 5.86. The number of hydrogen-bond donors (Lipinski definition) is 2. The third-order valence-electron chi connectivity index (χ3n) is 1.78. The standard InChI is InChI=1S/C5H10N6/c1-9-3-10-4(6)2-8-5(10)11(9)7/h2H,3,6-7H2,1H3/q+1. The van der Waals surface area contributed by atoms with Crippen molar-refractivity contribution < 1.29 is 0 Å². The molecule has 4 N–H and O–H groups in total. The lowest BCUT2D eigenvalue weighted by Gasteiger charge is -2.11. The number of nitrogens with zero attached hydrogens (tertiary/aromatic N) is 4. The largest absolute Gasteiger partial charge is 0.393 e. The molecule has 1 saturated heterocycles. The Bertz CT molecular complexity index is 243. The van der Waals surface area contributed by atoms with E-state index in [2.05, 4.69) is 4.99 Å². The van der Waals surface area contributed by atoms with E-state index in [-0.39, 0.29) is 0 Å². The molecule has 0 aliphatic carbocycles. The van der Waals surface area contributed by atoms with E-state index in [0.717, 1.165) is 0 Å². The Hall–Kier alpha value is -1.11. The van der Waals surface area contributed by atoms with Crippen LogP contribution >= 0.6 is 0 Å². The van der Waals surface area contributed by atoms with Crippen LogP contribution in [0.4, 0.5) is 0 Å². The maximum atomic E-state index is 5.62. The van der Waals surface area contributed by atoms with Crippen LogP contribution in [0.3, 0.4) is 0 Å². The van der Waals surface area contributed by atoms with Gasteiger partial charge in [-0.15, -0.1) is 5.01 Å². The molecule has 2 rings (SSSR count). The number of fused-ring (bicyclic) bond motifs is 1. The smallest absolute Gasteiger partial charge is 0.349 e. The summed E-state index contributed by atoms with van der Waals surface area (Å²) in [6, 6.07) is 0. The monoisotopic (exact) mass is 154 g/mol. The van der Waals surface area contributed by atoms with Gasteiger partial charge in [-0.3, -0.25) is 0 Å². The van der Waals surface area contributed by atoms with Gasteiger partial charge in [0.2, 0.25) is 6.67 Å². The fourth-order valence-corrected chi connectivity index (χ4v) is 1.13. The van der Waals surface area contributed by atoms with Crippen molar-refractivity contribution in [1.82, 2.24) is 15.0 Å². The van der Waals surface area contributed by atoms with Crippen LogP contribution < -0.4 is 16.5 Å². The first-order chi connectivity index (χ1) is 5.20. The van der Waals surface area contributed by atoms with Crippen LogP contribution in [0.2, 0.25) is 0 Å². The van der Waals surface area contributed by atoms with Gasteiger partial charge in [0.05, 0.1) is 0 Å². The number of nitrogens with two attached hydrogens (primary N) is 2. The van der Waals surface area contributed by atoms with E-state index in [0.29, 0.717) is 18.4 Å². The minimum Gasteiger partial charge on any atom is -0.349 e. The fourth-order valence-electron chi connectivity index (χ4n) is 1.13. The first kappa shape index (κ1) is 6.59. The normalized spacial score (nSPS) is 25.5. The van der Waals surface area contributed by atoms with Crippen LogP contribution in [-0.2, 0) is 0 Å². The molecule has 59 valence electrons. The Morgan fingerprint density at radius 2 is 2.45 bits per heavy atom. The Kier molecular flexibility index (Phi) is 1.16. The van der Waals surface area contributed by atoms with Gasteiger partial charge in [-0.1, -0.05) is 0 Å². The lowest BCUT2D eigenvalue weighted by atomic mass is 10.7. The molecule has 2 aliphatic heterocycles. The van der Waals surface area contributed by atoms with E-state index < -0.39 is 0 Å². The predicted octanol–water partition coefficient (Wildman–Crippen LogP) is -1.75. The summed E-state index contributed by atoms with van der Waals surface area (Å²) in [6.07, 6.45) is 1.60. The molecule has 6 heteroatoms. The van der Waals surface area contributed by atoms with E-state index in [4.69, 9.17) is 11.6 Å². The summed E-state index contributed by atoms with van der Waals surface area (Å²) in [7, 11) is 1.87. The molecule has 0 aromatic carbocycles. The maximum Gasteiger partial charge on any atom is 0.393 e. The highest BCUT2D eigenvalue weighted by Gasteiger charge is 2.45.